The smallest absolute Gasteiger partial charge is 0.320 e. The van der Waals surface area contributed by atoms with E-state index in [2.05, 4.69) is 21.2 Å². The minimum atomic E-state index is -0.283. The van der Waals surface area contributed by atoms with Crippen LogP contribution in [0.5, 0.6) is 0 Å². The third kappa shape index (κ3) is 3.06. The van der Waals surface area contributed by atoms with Gasteiger partial charge in [0.05, 0.1) is 4.47 Å². The van der Waals surface area contributed by atoms with Crippen molar-refractivity contribution in [2.24, 2.45) is 0 Å². The maximum absolute atomic E-state index is 13.6. The molecule has 2 heterocycles. The topological polar surface area (TPSA) is 35.6 Å². The number of nitrogens with zero attached hydrogens (tertiary/aromatic N) is 2. The van der Waals surface area contributed by atoms with Gasteiger partial charge < -0.3 is 15.1 Å². The highest BCUT2D eigenvalue weighted by atomic mass is 79.9. The molecule has 1 N–H and O–H groups in total. The molecule has 3 rings (SSSR count). The van der Waals surface area contributed by atoms with Crippen LogP contribution in [0.15, 0.2) is 22.7 Å². The lowest BCUT2D eigenvalue weighted by atomic mass is 10.1. The number of nitrogens with one attached hydrogen (secondary N) is 1. The van der Waals surface area contributed by atoms with E-state index in [0.29, 0.717) is 23.6 Å². The number of urea groups is 1. The van der Waals surface area contributed by atoms with Crippen molar-refractivity contribution in [1.82, 2.24) is 15.1 Å². The fourth-order valence-electron chi connectivity index (χ4n) is 3.08. The number of carbonyl (C=O) groups is 1. The minimum Gasteiger partial charge on any atom is -0.320 e. The summed E-state index contributed by atoms with van der Waals surface area (Å²) >= 11 is 3.26. The van der Waals surface area contributed by atoms with Crippen molar-refractivity contribution in [2.45, 2.75) is 25.4 Å². The Hall–Kier alpha value is -1.14. The van der Waals surface area contributed by atoms with E-state index < -0.39 is 0 Å². The monoisotopic (exact) mass is 355 g/mol. The fourth-order valence-corrected chi connectivity index (χ4v) is 3.47. The molecule has 0 spiro atoms. The summed E-state index contributed by atoms with van der Waals surface area (Å²) in [5, 5.41) is 3.32. The van der Waals surface area contributed by atoms with Gasteiger partial charge in [-0.1, -0.05) is 12.1 Å². The van der Waals surface area contributed by atoms with Crippen LogP contribution in [-0.2, 0) is 6.54 Å². The van der Waals surface area contributed by atoms with Crippen LogP contribution < -0.4 is 5.32 Å². The molecule has 21 heavy (non-hydrogen) atoms. The number of amides is 2. The minimum absolute atomic E-state index is 0.0815. The summed E-state index contributed by atoms with van der Waals surface area (Å²) in [5.74, 6) is -0.283. The van der Waals surface area contributed by atoms with Crippen LogP contribution in [-0.4, -0.2) is 48.1 Å². The third-order valence-electron chi connectivity index (χ3n) is 4.27. The molecule has 0 aromatic heterocycles. The van der Waals surface area contributed by atoms with E-state index in [1.807, 2.05) is 15.9 Å². The Morgan fingerprint density at radius 3 is 2.81 bits per heavy atom. The summed E-state index contributed by atoms with van der Waals surface area (Å²) in [6, 6.07) is 5.38. The predicted octanol–water partition coefficient (Wildman–Crippen LogP) is 2.58. The zero-order chi connectivity index (χ0) is 14.8. The quantitative estimate of drug-likeness (QED) is 0.904. The van der Waals surface area contributed by atoms with E-state index in [1.165, 1.54) is 6.07 Å². The highest BCUT2D eigenvalue weighted by Crippen LogP contribution is 2.25. The zero-order valence-corrected chi connectivity index (χ0v) is 13.4. The lowest BCUT2D eigenvalue weighted by molar-refractivity contribution is 0.164. The Bertz CT molecular complexity index is 534. The average molecular weight is 356 g/mol. The molecule has 0 bridgehead atoms. The lowest BCUT2D eigenvalue weighted by Gasteiger charge is -2.31. The second-order valence-electron chi connectivity index (χ2n) is 5.59. The second-order valence-corrected chi connectivity index (χ2v) is 6.38. The van der Waals surface area contributed by atoms with Crippen molar-refractivity contribution < 1.29 is 9.18 Å². The average Bonchev–Trinajstić information content (AvgIpc) is 2.86. The van der Waals surface area contributed by atoms with Gasteiger partial charge in [0.15, 0.2) is 0 Å². The van der Waals surface area contributed by atoms with Crippen molar-refractivity contribution in [1.29, 1.82) is 0 Å². The van der Waals surface area contributed by atoms with Gasteiger partial charge in [-0.05, 0) is 53.5 Å². The number of halogens is 2. The van der Waals surface area contributed by atoms with E-state index in [4.69, 9.17) is 0 Å². The largest absolute Gasteiger partial charge is 0.320 e. The molecule has 2 fully saturated rings. The summed E-state index contributed by atoms with van der Waals surface area (Å²) in [4.78, 5) is 16.3. The third-order valence-corrected chi connectivity index (χ3v) is 5.16. The highest BCUT2D eigenvalue weighted by molar-refractivity contribution is 9.10. The van der Waals surface area contributed by atoms with Gasteiger partial charge in [-0.15, -0.1) is 0 Å². The maximum Gasteiger partial charge on any atom is 0.320 e. The van der Waals surface area contributed by atoms with Crippen molar-refractivity contribution in [3.05, 3.63) is 34.1 Å². The first kappa shape index (κ1) is 14.8. The van der Waals surface area contributed by atoms with Gasteiger partial charge in [0.25, 0.3) is 0 Å². The van der Waals surface area contributed by atoms with Gasteiger partial charge in [0.1, 0.15) is 5.82 Å². The fraction of sp³-hybridized carbons (Fsp3) is 0.533. The standard InChI is InChI=1S/C15H19BrFN3O/c16-14-11(2-1-3-13(14)17)10-19-8-9-20(15(19)21)12-4-6-18-7-5-12/h1-3,12,18H,4-10H2. The Labute approximate surface area is 132 Å². The molecule has 2 aliphatic rings. The molecule has 2 amide bonds. The van der Waals surface area contributed by atoms with E-state index in [-0.39, 0.29) is 11.8 Å². The lowest BCUT2D eigenvalue weighted by Crippen LogP contribution is -2.45. The molecule has 0 radical (unpaired) electrons. The van der Waals surface area contributed by atoms with Gasteiger partial charge in [-0.3, -0.25) is 0 Å². The molecule has 2 saturated heterocycles. The van der Waals surface area contributed by atoms with Crippen LogP contribution in [0, 0.1) is 5.82 Å². The molecule has 0 aliphatic carbocycles. The molecule has 4 nitrogen and oxygen atoms in total. The molecular weight excluding hydrogens is 337 g/mol. The molecule has 0 saturated carbocycles. The molecule has 0 atom stereocenters. The SMILES string of the molecule is O=C1N(Cc2cccc(F)c2Br)CCN1C1CCNCC1. The molecule has 114 valence electrons. The summed E-state index contributed by atoms with van der Waals surface area (Å²) < 4.78 is 14.0. The predicted molar refractivity (Wildman–Crippen MR) is 82.5 cm³/mol. The number of rotatable bonds is 3. The Morgan fingerprint density at radius 1 is 1.29 bits per heavy atom. The number of carbonyl (C=O) groups excluding carboxylic acids is 1. The van der Waals surface area contributed by atoms with Crippen molar-refractivity contribution in [3.8, 4) is 0 Å². The maximum atomic E-state index is 13.6. The summed E-state index contributed by atoms with van der Waals surface area (Å²) in [7, 11) is 0. The summed E-state index contributed by atoms with van der Waals surface area (Å²) in [6.07, 6.45) is 2.03. The Balaban J connectivity index is 1.67. The number of hydrogen-bond donors (Lipinski definition) is 1. The van der Waals surface area contributed by atoms with Crippen molar-refractivity contribution in [2.75, 3.05) is 26.2 Å². The first-order chi connectivity index (χ1) is 10.2. The highest BCUT2D eigenvalue weighted by Gasteiger charge is 2.34. The Morgan fingerprint density at radius 2 is 2.05 bits per heavy atom. The van der Waals surface area contributed by atoms with Crippen molar-refractivity contribution in [3.63, 3.8) is 0 Å². The molecule has 2 aliphatic heterocycles. The van der Waals surface area contributed by atoms with E-state index in [9.17, 15) is 9.18 Å². The molecular formula is C15H19BrFN3O. The summed E-state index contributed by atoms with van der Waals surface area (Å²) in [6.45, 7) is 3.90. The van der Waals surface area contributed by atoms with Gasteiger partial charge in [0, 0.05) is 25.7 Å². The normalized spacial score (nSPS) is 20.4. The van der Waals surface area contributed by atoms with Gasteiger partial charge in [-0.25, -0.2) is 9.18 Å². The van der Waals surface area contributed by atoms with Crippen LogP contribution in [0.1, 0.15) is 18.4 Å². The molecule has 0 unspecified atom stereocenters. The number of hydrogen-bond acceptors (Lipinski definition) is 2. The van der Waals surface area contributed by atoms with Crippen LogP contribution >= 0.6 is 15.9 Å². The van der Waals surface area contributed by atoms with E-state index in [0.717, 1.165) is 38.0 Å². The first-order valence-corrected chi connectivity index (χ1v) is 8.15. The summed E-state index contributed by atoms with van der Waals surface area (Å²) in [5.41, 5.74) is 0.815. The van der Waals surface area contributed by atoms with Crippen LogP contribution in [0.4, 0.5) is 9.18 Å². The van der Waals surface area contributed by atoms with Gasteiger partial charge in [0.2, 0.25) is 0 Å². The van der Waals surface area contributed by atoms with Crippen LogP contribution in [0.25, 0.3) is 0 Å². The van der Waals surface area contributed by atoms with Crippen LogP contribution in [0.3, 0.4) is 0 Å². The molecule has 1 aromatic rings. The van der Waals surface area contributed by atoms with Gasteiger partial charge in [-0.2, -0.15) is 0 Å². The zero-order valence-electron chi connectivity index (χ0n) is 11.8. The van der Waals surface area contributed by atoms with Gasteiger partial charge >= 0.3 is 6.03 Å². The molecule has 1 aromatic carbocycles. The first-order valence-electron chi connectivity index (χ1n) is 7.36. The Kier molecular flexibility index (Phi) is 4.45. The molecule has 6 heteroatoms. The van der Waals surface area contributed by atoms with Crippen molar-refractivity contribution >= 4 is 22.0 Å². The van der Waals surface area contributed by atoms with Crippen LogP contribution in [0.2, 0.25) is 0 Å². The number of benzene rings is 1. The number of piperidine rings is 1. The van der Waals surface area contributed by atoms with E-state index in [1.54, 1.807) is 6.07 Å². The second kappa shape index (κ2) is 6.32. The van der Waals surface area contributed by atoms with E-state index >= 15 is 0 Å².